The van der Waals surface area contributed by atoms with Crippen molar-refractivity contribution in [2.75, 3.05) is 0 Å². The third kappa shape index (κ3) is 4.83. The van der Waals surface area contributed by atoms with Crippen molar-refractivity contribution in [3.8, 4) is 11.8 Å². The van der Waals surface area contributed by atoms with Crippen molar-refractivity contribution in [1.29, 1.82) is 0 Å². The molecule has 1 aromatic rings. The smallest absolute Gasteiger partial charge is 0.0669 e. The lowest BCUT2D eigenvalue weighted by molar-refractivity contribution is 0.0529. The minimum Gasteiger partial charge on any atom is -0.390 e. The van der Waals surface area contributed by atoms with Gasteiger partial charge in [-0.25, -0.2) is 0 Å². The highest BCUT2D eigenvalue weighted by Crippen LogP contribution is 2.20. The largest absolute Gasteiger partial charge is 0.390 e. The van der Waals surface area contributed by atoms with Crippen LogP contribution >= 0.6 is 15.9 Å². The molecule has 0 amide bonds. The summed E-state index contributed by atoms with van der Waals surface area (Å²) in [6, 6.07) is 8.06. The molecule has 1 atom stereocenters. The Hall–Kier alpha value is -0.780. The molecule has 0 radical (unpaired) electrons. The molecule has 1 rings (SSSR count). The first-order valence-corrected chi connectivity index (χ1v) is 6.19. The van der Waals surface area contributed by atoms with Gasteiger partial charge in [0, 0.05) is 17.3 Å². The van der Waals surface area contributed by atoms with E-state index in [-0.39, 0.29) is 0 Å². The number of hydrogen-bond acceptors (Lipinski definition) is 1. The molecule has 1 nitrogen and oxygen atoms in total. The molecule has 0 aliphatic carbocycles. The van der Waals surface area contributed by atoms with Crippen LogP contribution < -0.4 is 0 Å². The Morgan fingerprint density at radius 3 is 2.50 bits per heavy atom. The quantitative estimate of drug-likeness (QED) is 0.837. The van der Waals surface area contributed by atoms with Crippen molar-refractivity contribution in [3.63, 3.8) is 0 Å². The molecular weight excluding hydrogens is 264 g/mol. The van der Waals surface area contributed by atoms with Crippen LogP contribution in [0.4, 0.5) is 0 Å². The Labute approximate surface area is 106 Å². The first-order chi connectivity index (χ1) is 7.53. The lowest BCUT2D eigenvalue weighted by Gasteiger charge is -2.22. The minimum atomic E-state index is -0.669. The molecule has 0 bridgehead atoms. The average molecular weight is 281 g/mol. The van der Waals surface area contributed by atoms with Crippen LogP contribution in [-0.2, 0) is 6.42 Å². The van der Waals surface area contributed by atoms with E-state index in [1.54, 1.807) is 0 Å². The maximum atomic E-state index is 10.2. The van der Waals surface area contributed by atoms with E-state index in [1.807, 2.05) is 38.1 Å². The Morgan fingerprint density at radius 2 is 1.94 bits per heavy atom. The first kappa shape index (κ1) is 13.3. The molecule has 0 heterocycles. The first-order valence-electron chi connectivity index (χ1n) is 5.40. The normalized spacial score (nSPS) is 13.8. The summed E-state index contributed by atoms with van der Waals surface area (Å²) >= 11 is 3.40. The van der Waals surface area contributed by atoms with E-state index in [1.165, 1.54) is 0 Å². The van der Waals surface area contributed by atoms with Crippen LogP contribution in [0.5, 0.6) is 0 Å². The third-order valence-electron chi connectivity index (χ3n) is 2.46. The van der Waals surface area contributed by atoms with E-state index in [4.69, 9.17) is 0 Å². The summed E-state index contributed by atoms with van der Waals surface area (Å²) in [6.45, 7) is 3.69. The van der Waals surface area contributed by atoms with Gasteiger partial charge in [0.05, 0.1) is 5.60 Å². The standard InChI is InChI=1S/C14H17BrO/c1-3-4-5-10-14(2,16)11-12-6-8-13(15)9-7-12/h6-9,16H,5,10-11H2,1-2H3. The number of hydrogen-bond donors (Lipinski definition) is 1. The third-order valence-corrected chi connectivity index (χ3v) is 2.99. The van der Waals surface area contributed by atoms with E-state index in [9.17, 15) is 5.11 Å². The van der Waals surface area contributed by atoms with E-state index in [0.717, 1.165) is 16.5 Å². The molecule has 0 aliphatic rings. The maximum absolute atomic E-state index is 10.2. The van der Waals surface area contributed by atoms with E-state index >= 15 is 0 Å². The molecule has 0 spiro atoms. The van der Waals surface area contributed by atoms with Crippen molar-refractivity contribution < 1.29 is 5.11 Å². The number of halogens is 1. The molecule has 86 valence electrons. The molecule has 0 aliphatic heterocycles. The number of benzene rings is 1. The molecule has 2 heteroatoms. The van der Waals surface area contributed by atoms with Gasteiger partial charge in [-0.2, -0.15) is 0 Å². The molecule has 16 heavy (non-hydrogen) atoms. The second kappa shape index (κ2) is 6.08. The highest BCUT2D eigenvalue weighted by Gasteiger charge is 2.19. The van der Waals surface area contributed by atoms with Crippen molar-refractivity contribution in [1.82, 2.24) is 0 Å². The van der Waals surface area contributed by atoms with Gasteiger partial charge in [0.15, 0.2) is 0 Å². The topological polar surface area (TPSA) is 20.2 Å². The maximum Gasteiger partial charge on any atom is 0.0669 e. The van der Waals surface area contributed by atoms with Crippen molar-refractivity contribution in [3.05, 3.63) is 34.3 Å². The van der Waals surface area contributed by atoms with Gasteiger partial charge in [-0.1, -0.05) is 28.1 Å². The van der Waals surface area contributed by atoms with Crippen LogP contribution in [0.15, 0.2) is 28.7 Å². The molecule has 0 fully saturated rings. The molecule has 0 saturated carbocycles. The summed E-state index contributed by atoms with van der Waals surface area (Å²) < 4.78 is 1.06. The minimum absolute atomic E-state index is 0.669. The SMILES string of the molecule is CC#CCCC(C)(O)Cc1ccc(Br)cc1. The van der Waals surface area contributed by atoms with Gasteiger partial charge < -0.3 is 5.11 Å². The van der Waals surface area contributed by atoms with Gasteiger partial charge in [-0.05, 0) is 38.0 Å². The fourth-order valence-corrected chi connectivity index (χ4v) is 1.85. The number of rotatable bonds is 4. The van der Waals surface area contributed by atoms with Crippen LogP contribution in [0.1, 0.15) is 32.3 Å². The summed E-state index contributed by atoms with van der Waals surface area (Å²) in [5, 5.41) is 10.2. The molecule has 0 saturated heterocycles. The van der Waals surface area contributed by atoms with Gasteiger partial charge in [-0.15, -0.1) is 11.8 Å². The molecule has 0 aromatic heterocycles. The Balaban J connectivity index is 2.56. The highest BCUT2D eigenvalue weighted by molar-refractivity contribution is 9.10. The van der Waals surface area contributed by atoms with Gasteiger partial charge in [0.2, 0.25) is 0 Å². The van der Waals surface area contributed by atoms with Crippen LogP contribution in [0, 0.1) is 11.8 Å². The predicted octanol–water partition coefficient (Wildman–Crippen LogP) is 3.55. The van der Waals surface area contributed by atoms with E-state index in [0.29, 0.717) is 12.8 Å². The summed E-state index contributed by atoms with van der Waals surface area (Å²) in [5.74, 6) is 5.83. The molecule has 1 aromatic carbocycles. The lowest BCUT2D eigenvalue weighted by Crippen LogP contribution is -2.26. The van der Waals surface area contributed by atoms with Crippen LogP contribution in [-0.4, -0.2) is 10.7 Å². The van der Waals surface area contributed by atoms with Crippen LogP contribution in [0.25, 0.3) is 0 Å². The molecule has 1 unspecified atom stereocenters. The zero-order chi connectivity index (χ0) is 12.0. The van der Waals surface area contributed by atoms with Gasteiger partial charge in [-0.3, -0.25) is 0 Å². The van der Waals surface area contributed by atoms with Gasteiger partial charge in [0.1, 0.15) is 0 Å². The summed E-state index contributed by atoms with van der Waals surface area (Å²) in [6.07, 6.45) is 2.13. The van der Waals surface area contributed by atoms with Gasteiger partial charge in [0.25, 0.3) is 0 Å². The highest BCUT2D eigenvalue weighted by atomic mass is 79.9. The zero-order valence-electron chi connectivity index (χ0n) is 9.76. The van der Waals surface area contributed by atoms with Crippen molar-refractivity contribution >= 4 is 15.9 Å². The summed E-state index contributed by atoms with van der Waals surface area (Å²) in [7, 11) is 0. The summed E-state index contributed by atoms with van der Waals surface area (Å²) in [4.78, 5) is 0. The zero-order valence-corrected chi connectivity index (χ0v) is 11.3. The predicted molar refractivity (Wildman–Crippen MR) is 71.2 cm³/mol. The van der Waals surface area contributed by atoms with Crippen molar-refractivity contribution in [2.24, 2.45) is 0 Å². The average Bonchev–Trinajstić information content (AvgIpc) is 2.21. The summed E-state index contributed by atoms with van der Waals surface area (Å²) in [5.41, 5.74) is 0.482. The Morgan fingerprint density at radius 1 is 1.31 bits per heavy atom. The molecule has 1 N–H and O–H groups in total. The van der Waals surface area contributed by atoms with E-state index in [2.05, 4.69) is 27.8 Å². The second-order valence-electron chi connectivity index (χ2n) is 4.23. The Kier molecular flexibility index (Phi) is 5.05. The molecular formula is C14H17BrO. The fraction of sp³-hybridized carbons (Fsp3) is 0.429. The van der Waals surface area contributed by atoms with Crippen LogP contribution in [0.2, 0.25) is 0 Å². The van der Waals surface area contributed by atoms with Gasteiger partial charge >= 0.3 is 0 Å². The van der Waals surface area contributed by atoms with E-state index < -0.39 is 5.60 Å². The number of aliphatic hydroxyl groups is 1. The lowest BCUT2D eigenvalue weighted by atomic mass is 9.92. The fourth-order valence-electron chi connectivity index (χ4n) is 1.59. The second-order valence-corrected chi connectivity index (χ2v) is 5.14. The Bertz CT molecular complexity index is 381. The van der Waals surface area contributed by atoms with Crippen LogP contribution in [0.3, 0.4) is 0 Å². The monoisotopic (exact) mass is 280 g/mol. The van der Waals surface area contributed by atoms with Crippen molar-refractivity contribution in [2.45, 2.75) is 38.7 Å².